The molecule has 0 radical (unpaired) electrons. The molecule has 0 aliphatic rings. The summed E-state index contributed by atoms with van der Waals surface area (Å²) in [4.78, 5) is 0. The summed E-state index contributed by atoms with van der Waals surface area (Å²) in [6.45, 7) is 0. The lowest BCUT2D eigenvalue weighted by atomic mass is 10.2. The monoisotopic (exact) mass is 178 g/mol. The third-order valence-corrected chi connectivity index (χ3v) is 1.30. The molecule has 0 saturated heterocycles. The lowest BCUT2D eigenvalue weighted by Gasteiger charge is -2.11. The van der Waals surface area contributed by atoms with Gasteiger partial charge in [-0.15, -0.1) is 5.69 Å². The first-order valence-electron chi connectivity index (χ1n) is 3.00. The zero-order chi connectivity index (χ0) is 9.35. The van der Waals surface area contributed by atoms with E-state index in [-0.39, 0.29) is 0 Å². The Hall–Kier alpha value is -1.26. The second-order valence-electron chi connectivity index (χ2n) is 2.16. The summed E-state index contributed by atoms with van der Waals surface area (Å²) < 4.78 is 48.3. The zero-order valence-electron chi connectivity index (χ0n) is 5.74. The lowest BCUT2D eigenvalue weighted by Crippen LogP contribution is -2.07. The van der Waals surface area contributed by atoms with Crippen LogP contribution in [0.25, 0.3) is 5.73 Å². The minimum atomic E-state index is -4.72. The van der Waals surface area contributed by atoms with Crippen LogP contribution in [0.2, 0.25) is 0 Å². The third-order valence-electron chi connectivity index (χ3n) is 1.30. The van der Waals surface area contributed by atoms with E-state index in [4.69, 9.17) is 5.73 Å². The van der Waals surface area contributed by atoms with E-state index in [1.807, 2.05) is 0 Å². The molecule has 12 heavy (non-hydrogen) atoms. The van der Waals surface area contributed by atoms with Gasteiger partial charge in [0.1, 0.15) is 5.82 Å². The van der Waals surface area contributed by atoms with E-state index >= 15 is 0 Å². The summed E-state index contributed by atoms with van der Waals surface area (Å²) in [5, 5.41) is 0. The van der Waals surface area contributed by atoms with Gasteiger partial charge < -0.3 is 5.73 Å². The predicted octanol–water partition coefficient (Wildman–Crippen LogP) is 3.53. The summed E-state index contributed by atoms with van der Waals surface area (Å²) >= 11 is 0. The fourth-order valence-electron chi connectivity index (χ4n) is 0.751. The van der Waals surface area contributed by atoms with Crippen LogP contribution in [0.3, 0.4) is 0 Å². The van der Waals surface area contributed by atoms with Crippen molar-refractivity contribution in [2.75, 3.05) is 0 Å². The van der Waals surface area contributed by atoms with Crippen molar-refractivity contribution < 1.29 is 17.6 Å². The number of rotatable bonds is 0. The predicted molar refractivity (Wildman–Crippen MR) is 35.4 cm³/mol. The minimum Gasteiger partial charge on any atom is -0.696 e. The van der Waals surface area contributed by atoms with Crippen LogP contribution in [-0.2, 0) is 6.18 Å². The van der Waals surface area contributed by atoms with Crippen molar-refractivity contribution in [3.8, 4) is 0 Å². The number of benzene rings is 1. The second-order valence-corrected chi connectivity index (χ2v) is 2.16. The SMILES string of the molecule is [NH-]c1cccc(C(F)(F)F)c1F. The van der Waals surface area contributed by atoms with Gasteiger partial charge in [0, 0.05) is 0 Å². The van der Waals surface area contributed by atoms with Crippen molar-refractivity contribution in [1.29, 1.82) is 0 Å². The molecule has 0 aliphatic heterocycles. The van der Waals surface area contributed by atoms with Crippen LogP contribution in [-0.4, -0.2) is 0 Å². The molecule has 0 atom stereocenters. The molecule has 0 unspecified atom stereocenters. The van der Waals surface area contributed by atoms with E-state index in [2.05, 4.69) is 0 Å². The molecule has 0 fully saturated rings. The van der Waals surface area contributed by atoms with Crippen LogP contribution < -0.4 is 0 Å². The van der Waals surface area contributed by atoms with Crippen molar-refractivity contribution >= 4 is 5.69 Å². The van der Waals surface area contributed by atoms with E-state index in [1.54, 1.807) is 0 Å². The molecule has 1 N–H and O–H groups in total. The molecule has 0 heterocycles. The molecule has 1 aromatic rings. The first-order chi connectivity index (χ1) is 5.43. The standard InChI is InChI=1S/C7H4F4N/c8-6-4(7(9,10)11)2-1-3-5(6)12/h1-3,12H/q-1. The number of alkyl halides is 3. The Morgan fingerprint density at radius 3 is 2.17 bits per heavy atom. The van der Waals surface area contributed by atoms with Crippen LogP contribution in [0.5, 0.6) is 0 Å². The Morgan fingerprint density at radius 2 is 1.75 bits per heavy atom. The first kappa shape index (κ1) is 8.83. The van der Waals surface area contributed by atoms with Gasteiger partial charge in [0.2, 0.25) is 0 Å². The van der Waals surface area contributed by atoms with Crippen molar-refractivity contribution in [1.82, 2.24) is 0 Å². The number of halogens is 4. The summed E-state index contributed by atoms with van der Waals surface area (Å²) in [5.74, 6) is -1.52. The van der Waals surface area contributed by atoms with Crippen LogP contribution in [0.15, 0.2) is 18.2 Å². The fourth-order valence-corrected chi connectivity index (χ4v) is 0.751. The van der Waals surface area contributed by atoms with E-state index in [0.29, 0.717) is 6.07 Å². The highest BCUT2D eigenvalue weighted by atomic mass is 19.4. The van der Waals surface area contributed by atoms with E-state index in [1.165, 1.54) is 0 Å². The highest BCUT2D eigenvalue weighted by Crippen LogP contribution is 2.34. The number of nitrogens with one attached hydrogen (secondary N) is 1. The molecule has 0 aliphatic carbocycles. The Morgan fingerprint density at radius 1 is 1.17 bits per heavy atom. The molecule has 1 nitrogen and oxygen atoms in total. The maximum Gasteiger partial charge on any atom is 0.419 e. The van der Waals surface area contributed by atoms with Crippen LogP contribution >= 0.6 is 0 Å². The van der Waals surface area contributed by atoms with Crippen LogP contribution in [0.1, 0.15) is 5.56 Å². The molecule has 0 aromatic heterocycles. The lowest BCUT2D eigenvalue weighted by molar-refractivity contribution is -0.139. The van der Waals surface area contributed by atoms with Gasteiger partial charge in [0.15, 0.2) is 0 Å². The number of hydrogen-bond donors (Lipinski definition) is 0. The molecular weight excluding hydrogens is 174 g/mol. The van der Waals surface area contributed by atoms with Crippen LogP contribution in [0.4, 0.5) is 23.2 Å². The Labute approximate surface area is 65.8 Å². The van der Waals surface area contributed by atoms with Crippen molar-refractivity contribution in [3.63, 3.8) is 0 Å². The Balaban J connectivity index is 3.26. The van der Waals surface area contributed by atoms with Gasteiger partial charge in [-0.3, -0.25) is 0 Å². The summed E-state index contributed by atoms with van der Waals surface area (Å²) in [6.07, 6.45) is -4.72. The summed E-state index contributed by atoms with van der Waals surface area (Å²) in [7, 11) is 0. The van der Waals surface area contributed by atoms with Gasteiger partial charge in [-0.2, -0.15) is 13.2 Å². The zero-order valence-corrected chi connectivity index (χ0v) is 5.74. The number of hydrogen-bond acceptors (Lipinski definition) is 0. The van der Waals surface area contributed by atoms with Crippen molar-refractivity contribution in [2.45, 2.75) is 6.18 Å². The van der Waals surface area contributed by atoms with Gasteiger partial charge >= 0.3 is 6.18 Å². The average molecular weight is 178 g/mol. The van der Waals surface area contributed by atoms with Crippen LogP contribution in [0, 0.1) is 5.82 Å². The van der Waals surface area contributed by atoms with E-state index in [0.717, 1.165) is 12.1 Å². The van der Waals surface area contributed by atoms with E-state index < -0.39 is 23.2 Å². The molecule has 0 amide bonds. The summed E-state index contributed by atoms with van der Waals surface area (Å²) in [6, 6.07) is 2.56. The van der Waals surface area contributed by atoms with Gasteiger partial charge in [0.05, 0.1) is 5.56 Å². The third kappa shape index (κ3) is 1.49. The average Bonchev–Trinajstić information content (AvgIpc) is 1.92. The molecule has 66 valence electrons. The maximum atomic E-state index is 12.6. The highest BCUT2D eigenvalue weighted by molar-refractivity contribution is 5.47. The molecular formula is C7H4F4N-. The van der Waals surface area contributed by atoms with Gasteiger partial charge in [-0.25, -0.2) is 4.39 Å². The largest absolute Gasteiger partial charge is 0.696 e. The first-order valence-corrected chi connectivity index (χ1v) is 3.00. The van der Waals surface area contributed by atoms with Gasteiger partial charge in [0.25, 0.3) is 0 Å². The second kappa shape index (κ2) is 2.66. The van der Waals surface area contributed by atoms with E-state index in [9.17, 15) is 17.6 Å². The van der Waals surface area contributed by atoms with Gasteiger partial charge in [-0.05, 0) is 6.07 Å². The molecule has 0 spiro atoms. The maximum absolute atomic E-state index is 12.6. The quantitative estimate of drug-likeness (QED) is 0.542. The molecule has 0 bridgehead atoms. The molecule has 5 heteroatoms. The molecule has 0 saturated carbocycles. The van der Waals surface area contributed by atoms with Crippen molar-refractivity contribution in [2.24, 2.45) is 0 Å². The Kier molecular flexibility index (Phi) is 1.95. The molecule has 1 aromatic carbocycles. The minimum absolute atomic E-state index is 0.605. The van der Waals surface area contributed by atoms with Crippen molar-refractivity contribution in [3.05, 3.63) is 35.3 Å². The topological polar surface area (TPSA) is 23.8 Å². The fraction of sp³-hybridized carbons (Fsp3) is 0.143. The Bertz CT molecular complexity index is 292. The molecule has 1 rings (SSSR count). The summed E-state index contributed by atoms with van der Waals surface area (Å²) in [5.41, 5.74) is 4.63. The van der Waals surface area contributed by atoms with Gasteiger partial charge in [-0.1, -0.05) is 12.1 Å². The smallest absolute Gasteiger partial charge is 0.419 e. The normalized spacial score (nSPS) is 11.7. The highest BCUT2D eigenvalue weighted by Gasteiger charge is 2.33.